The molecule has 3 N–H and O–H groups in total. The first-order valence-corrected chi connectivity index (χ1v) is 4.72. The van der Waals surface area contributed by atoms with Crippen LogP contribution in [0.3, 0.4) is 0 Å². The predicted molar refractivity (Wildman–Crippen MR) is 48.4 cm³/mol. The molecule has 2 rings (SSSR count). The van der Waals surface area contributed by atoms with Gasteiger partial charge in [0, 0.05) is 11.8 Å². The van der Waals surface area contributed by atoms with Crippen LogP contribution in [0.4, 0.5) is 0 Å². The maximum Gasteiger partial charge on any atom is 0.102 e. The highest BCUT2D eigenvalue weighted by Crippen LogP contribution is 2.29. The van der Waals surface area contributed by atoms with Crippen LogP contribution in [0, 0.1) is 0 Å². The van der Waals surface area contributed by atoms with E-state index in [-0.39, 0.29) is 12.6 Å². The smallest absolute Gasteiger partial charge is 0.102 e. The van der Waals surface area contributed by atoms with Crippen LogP contribution in [0.15, 0.2) is 12.4 Å². The standard InChI is InChI=1S/C9H14N2O3/c12-5-6-3-10-11(4-6)7-1-2-8(13)9(7)14/h3-4,7-9,12-14H,1-2,5H2. The molecule has 1 aliphatic carbocycles. The highest BCUT2D eigenvalue weighted by Gasteiger charge is 2.34. The second-order valence-corrected chi connectivity index (χ2v) is 3.69. The first kappa shape index (κ1) is 9.64. The minimum Gasteiger partial charge on any atom is -0.392 e. The van der Waals surface area contributed by atoms with E-state index in [0.717, 1.165) is 12.0 Å². The van der Waals surface area contributed by atoms with Gasteiger partial charge in [0.25, 0.3) is 0 Å². The molecule has 0 saturated heterocycles. The van der Waals surface area contributed by atoms with Gasteiger partial charge in [-0.15, -0.1) is 0 Å². The van der Waals surface area contributed by atoms with Crippen LogP contribution in [-0.4, -0.2) is 37.3 Å². The van der Waals surface area contributed by atoms with E-state index in [0.29, 0.717) is 6.42 Å². The van der Waals surface area contributed by atoms with E-state index in [9.17, 15) is 10.2 Å². The van der Waals surface area contributed by atoms with Gasteiger partial charge in [0.1, 0.15) is 6.10 Å². The molecule has 1 aromatic heterocycles. The van der Waals surface area contributed by atoms with Gasteiger partial charge in [0.15, 0.2) is 0 Å². The third kappa shape index (κ3) is 1.54. The molecule has 78 valence electrons. The fourth-order valence-corrected chi connectivity index (χ4v) is 1.87. The maximum absolute atomic E-state index is 9.62. The Labute approximate surface area is 81.6 Å². The third-order valence-electron chi connectivity index (χ3n) is 2.72. The van der Waals surface area contributed by atoms with E-state index < -0.39 is 12.2 Å². The zero-order valence-electron chi connectivity index (χ0n) is 7.74. The number of nitrogens with zero attached hydrogens (tertiary/aromatic N) is 2. The SMILES string of the molecule is OCc1cnn(C2CCC(O)C2O)c1. The summed E-state index contributed by atoms with van der Waals surface area (Å²) in [7, 11) is 0. The lowest BCUT2D eigenvalue weighted by atomic mass is 10.2. The van der Waals surface area contributed by atoms with Crippen LogP contribution in [0.25, 0.3) is 0 Å². The van der Waals surface area contributed by atoms with E-state index in [1.54, 1.807) is 17.1 Å². The summed E-state index contributed by atoms with van der Waals surface area (Å²) in [4.78, 5) is 0. The summed E-state index contributed by atoms with van der Waals surface area (Å²) in [6.45, 7) is -0.0502. The van der Waals surface area contributed by atoms with Crippen molar-refractivity contribution >= 4 is 0 Å². The van der Waals surface area contributed by atoms with Gasteiger partial charge in [0.05, 0.1) is 24.9 Å². The van der Waals surface area contributed by atoms with Crippen molar-refractivity contribution in [3.8, 4) is 0 Å². The van der Waals surface area contributed by atoms with Gasteiger partial charge in [-0.1, -0.05) is 0 Å². The zero-order chi connectivity index (χ0) is 10.1. The molecule has 14 heavy (non-hydrogen) atoms. The van der Waals surface area contributed by atoms with Crippen LogP contribution in [0.2, 0.25) is 0 Å². The molecule has 1 aliphatic rings. The van der Waals surface area contributed by atoms with Crippen LogP contribution in [0.5, 0.6) is 0 Å². The molecule has 5 nitrogen and oxygen atoms in total. The molecule has 1 aromatic rings. The summed E-state index contributed by atoms with van der Waals surface area (Å²) < 4.78 is 1.62. The normalized spacial score (nSPS) is 32.4. The summed E-state index contributed by atoms with van der Waals surface area (Å²) in [6, 6.07) is -0.162. The second kappa shape index (κ2) is 3.68. The molecule has 0 bridgehead atoms. The molecular formula is C9H14N2O3. The van der Waals surface area contributed by atoms with Crippen molar-refractivity contribution in [2.75, 3.05) is 0 Å². The average molecular weight is 198 g/mol. The lowest BCUT2D eigenvalue weighted by Gasteiger charge is -2.16. The van der Waals surface area contributed by atoms with E-state index >= 15 is 0 Å². The van der Waals surface area contributed by atoms with Gasteiger partial charge in [-0.25, -0.2) is 0 Å². The molecule has 1 saturated carbocycles. The maximum atomic E-state index is 9.62. The van der Waals surface area contributed by atoms with Gasteiger partial charge in [-0.2, -0.15) is 5.10 Å². The van der Waals surface area contributed by atoms with E-state index in [1.807, 2.05) is 0 Å². The number of aromatic nitrogens is 2. The quantitative estimate of drug-likeness (QED) is 0.594. The monoisotopic (exact) mass is 198 g/mol. The van der Waals surface area contributed by atoms with Crippen LogP contribution in [-0.2, 0) is 6.61 Å². The Kier molecular flexibility index (Phi) is 2.54. The topological polar surface area (TPSA) is 78.5 Å². The highest BCUT2D eigenvalue weighted by atomic mass is 16.3. The first-order chi connectivity index (χ1) is 6.72. The molecule has 0 aliphatic heterocycles. The van der Waals surface area contributed by atoms with E-state index in [2.05, 4.69) is 5.10 Å². The predicted octanol–water partition coefficient (Wildman–Crippen LogP) is -0.568. The first-order valence-electron chi connectivity index (χ1n) is 4.72. The van der Waals surface area contributed by atoms with Crippen molar-refractivity contribution in [1.29, 1.82) is 0 Å². The molecule has 1 heterocycles. The Bertz CT molecular complexity index is 313. The zero-order valence-corrected chi connectivity index (χ0v) is 7.74. The Hall–Kier alpha value is -0.910. The van der Waals surface area contributed by atoms with Crippen molar-refractivity contribution in [2.45, 2.75) is 37.7 Å². The second-order valence-electron chi connectivity index (χ2n) is 3.69. The molecule has 5 heteroatoms. The fraction of sp³-hybridized carbons (Fsp3) is 0.667. The van der Waals surface area contributed by atoms with Crippen LogP contribution >= 0.6 is 0 Å². The summed E-state index contributed by atoms with van der Waals surface area (Å²) in [6.07, 6.45) is 3.18. The number of hydrogen-bond acceptors (Lipinski definition) is 4. The minimum absolute atomic E-state index is 0.0502. The van der Waals surface area contributed by atoms with Crippen molar-refractivity contribution in [2.24, 2.45) is 0 Å². The molecular weight excluding hydrogens is 184 g/mol. The van der Waals surface area contributed by atoms with Crippen molar-refractivity contribution in [1.82, 2.24) is 9.78 Å². The summed E-state index contributed by atoms with van der Waals surface area (Å²) in [5.74, 6) is 0. The summed E-state index contributed by atoms with van der Waals surface area (Å²) >= 11 is 0. The Morgan fingerprint density at radius 2 is 2.21 bits per heavy atom. The number of aliphatic hydroxyl groups is 3. The lowest BCUT2D eigenvalue weighted by molar-refractivity contribution is 0.0211. The Balaban J connectivity index is 2.15. The highest BCUT2D eigenvalue weighted by molar-refractivity contribution is 5.04. The van der Waals surface area contributed by atoms with Gasteiger partial charge in [-0.3, -0.25) is 4.68 Å². The summed E-state index contributed by atoms with van der Waals surface area (Å²) in [5, 5.41) is 31.9. The Morgan fingerprint density at radius 3 is 2.71 bits per heavy atom. The van der Waals surface area contributed by atoms with E-state index in [1.165, 1.54) is 0 Å². The van der Waals surface area contributed by atoms with Crippen LogP contribution < -0.4 is 0 Å². The van der Waals surface area contributed by atoms with Crippen molar-refractivity contribution in [3.63, 3.8) is 0 Å². The van der Waals surface area contributed by atoms with E-state index in [4.69, 9.17) is 5.11 Å². The van der Waals surface area contributed by atoms with Gasteiger partial charge >= 0.3 is 0 Å². The van der Waals surface area contributed by atoms with Crippen molar-refractivity contribution < 1.29 is 15.3 Å². The van der Waals surface area contributed by atoms with Crippen LogP contribution in [0.1, 0.15) is 24.4 Å². The fourth-order valence-electron chi connectivity index (χ4n) is 1.87. The molecule has 3 atom stereocenters. The lowest BCUT2D eigenvalue weighted by Crippen LogP contribution is -2.27. The molecule has 3 unspecified atom stereocenters. The summed E-state index contributed by atoms with van der Waals surface area (Å²) in [5.41, 5.74) is 0.721. The Morgan fingerprint density at radius 1 is 1.43 bits per heavy atom. The van der Waals surface area contributed by atoms with Gasteiger partial charge in [-0.05, 0) is 12.8 Å². The van der Waals surface area contributed by atoms with Gasteiger partial charge in [0.2, 0.25) is 0 Å². The van der Waals surface area contributed by atoms with Crippen molar-refractivity contribution in [3.05, 3.63) is 18.0 Å². The van der Waals surface area contributed by atoms with Gasteiger partial charge < -0.3 is 15.3 Å². The minimum atomic E-state index is -0.749. The third-order valence-corrected chi connectivity index (χ3v) is 2.72. The number of rotatable bonds is 2. The number of hydrogen-bond donors (Lipinski definition) is 3. The number of aliphatic hydroxyl groups excluding tert-OH is 3. The molecule has 0 aromatic carbocycles. The molecule has 0 spiro atoms. The largest absolute Gasteiger partial charge is 0.392 e. The molecule has 0 amide bonds. The molecule has 1 fully saturated rings. The molecule has 0 radical (unpaired) electrons. The average Bonchev–Trinajstić information content (AvgIpc) is 2.75.